The first-order valence-electron chi connectivity index (χ1n) is 29.9. The van der Waals surface area contributed by atoms with Crippen molar-refractivity contribution in [2.24, 2.45) is 0 Å². The van der Waals surface area contributed by atoms with Crippen LogP contribution < -0.4 is 0 Å². The van der Waals surface area contributed by atoms with Crippen LogP contribution in [-0.4, -0.2) is 89.2 Å². The molecule has 12 heteroatoms. The molecule has 12 nitrogen and oxygen atoms in total. The van der Waals surface area contributed by atoms with Crippen LogP contribution >= 0.6 is 0 Å². The molecule has 0 spiro atoms. The van der Waals surface area contributed by atoms with Crippen molar-refractivity contribution in [2.45, 2.75) is 289 Å². The van der Waals surface area contributed by atoms with E-state index in [4.69, 9.17) is 23.7 Å². The van der Waals surface area contributed by atoms with Gasteiger partial charge in [-0.05, 0) is 89.9 Å². The molecule has 0 aliphatic carbocycles. The molecule has 1 aliphatic heterocycles. The Hall–Kier alpha value is -3.84. The van der Waals surface area contributed by atoms with Crippen molar-refractivity contribution in [3.05, 3.63) is 72.9 Å². The molecular formula is C63H106O12. The van der Waals surface area contributed by atoms with Gasteiger partial charge in [-0.2, -0.15) is 0 Å². The van der Waals surface area contributed by atoms with Gasteiger partial charge in [0.1, 0.15) is 18.8 Å². The summed E-state index contributed by atoms with van der Waals surface area (Å²) in [4.78, 5) is 51.1. The molecule has 6 unspecified atom stereocenters. The first-order chi connectivity index (χ1) is 36.6. The second-order valence-electron chi connectivity index (χ2n) is 20.3. The molecule has 75 heavy (non-hydrogen) atoms. The lowest BCUT2D eigenvalue weighted by Crippen LogP contribution is -2.61. The molecule has 6 atom stereocenters. The molecule has 0 bridgehead atoms. The van der Waals surface area contributed by atoms with E-state index < -0.39 is 67.3 Å². The van der Waals surface area contributed by atoms with Gasteiger partial charge in [0.2, 0.25) is 0 Å². The Morgan fingerprint density at radius 1 is 0.453 bits per heavy atom. The van der Waals surface area contributed by atoms with Gasteiger partial charge in [-0.1, -0.05) is 216 Å². The monoisotopic (exact) mass is 1050 g/mol. The van der Waals surface area contributed by atoms with Gasteiger partial charge in [0.05, 0.1) is 6.61 Å². The fourth-order valence-electron chi connectivity index (χ4n) is 8.68. The van der Waals surface area contributed by atoms with Crippen molar-refractivity contribution >= 4 is 23.9 Å². The lowest BCUT2D eigenvalue weighted by Gasteiger charge is -2.40. The largest absolute Gasteiger partial charge is 0.479 e. The molecule has 1 heterocycles. The van der Waals surface area contributed by atoms with Gasteiger partial charge in [-0.25, -0.2) is 4.79 Å². The van der Waals surface area contributed by atoms with E-state index in [1.807, 2.05) is 0 Å². The Morgan fingerprint density at radius 2 is 0.840 bits per heavy atom. The van der Waals surface area contributed by atoms with Crippen LogP contribution in [-0.2, 0) is 42.9 Å². The summed E-state index contributed by atoms with van der Waals surface area (Å²) >= 11 is 0. The van der Waals surface area contributed by atoms with Crippen LogP contribution in [0.5, 0.6) is 0 Å². The number of carboxylic acid groups (broad SMARTS) is 1. The average Bonchev–Trinajstić information content (AvgIpc) is 3.39. The third-order valence-electron chi connectivity index (χ3n) is 13.3. The van der Waals surface area contributed by atoms with E-state index in [2.05, 4.69) is 93.7 Å². The Labute approximate surface area is 455 Å². The molecular weight excluding hydrogens is 949 g/mol. The maximum Gasteiger partial charge on any atom is 0.335 e. The molecule has 0 amide bonds. The topological polar surface area (TPSA) is 175 Å². The fraction of sp³-hybridized carbons (Fsp3) is 0.746. The van der Waals surface area contributed by atoms with Gasteiger partial charge < -0.3 is 39.0 Å². The van der Waals surface area contributed by atoms with Crippen molar-refractivity contribution in [3.8, 4) is 0 Å². The van der Waals surface area contributed by atoms with Gasteiger partial charge in [0, 0.05) is 19.3 Å². The molecule has 1 aliphatic rings. The van der Waals surface area contributed by atoms with Crippen LogP contribution in [0, 0.1) is 0 Å². The summed E-state index contributed by atoms with van der Waals surface area (Å²) < 4.78 is 28.4. The van der Waals surface area contributed by atoms with Gasteiger partial charge in [0.25, 0.3) is 0 Å². The molecule has 430 valence electrons. The number of carbonyl (C=O) groups excluding carboxylic acids is 3. The first-order valence-corrected chi connectivity index (χ1v) is 29.9. The summed E-state index contributed by atoms with van der Waals surface area (Å²) in [7, 11) is 0. The summed E-state index contributed by atoms with van der Waals surface area (Å²) in [5.41, 5.74) is 0. The Balaban J connectivity index is 2.67. The normalized spacial score (nSPS) is 18.7. The van der Waals surface area contributed by atoms with Crippen LogP contribution in [0.15, 0.2) is 72.9 Å². The van der Waals surface area contributed by atoms with Crippen molar-refractivity contribution in [1.82, 2.24) is 0 Å². The molecule has 1 fully saturated rings. The maximum absolute atomic E-state index is 13.1. The van der Waals surface area contributed by atoms with Crippen LogP contribution in [0.25, 0.3) is 0 Å². The number of esters is 3. The first kappa shape index (κ1) is 69.2. The minimum absolute atomic E-state index is 0.0420. The Kier molecular flexibility index (Phi) is 47.0. The molecule has 0 aromatic rings. The van der Waals surface area contributed by atoms with Gasteiger partial charge in [-0.3, -0.25) is 14.4 Å². The van der Waals surface area contributed by atoms with E-state index in [9.17, 15) is 34.5 Å². The highest BCUT2D eigenvalue weighted by molar-refractivity contribution is 5.74. The fourth-order valence-corrected chi connectivity index (χ4v) is 8.68. The number of unbranched alkanes of at least 4 members (excludes halogenated alkanes) is 24. The van der Waals surface area contributed by atoms with Gasteiger partial charge in [0.15, 0.2) is 24.6 Å². The number of allylic oxidation sites excluding steroid dienone is 12. The van der Waals surface area contributed by atoms with E-state index >= 15 is 0 Å². The lowest BCUT2D eigenvalue weighted by atomic mass is 9.98. The van der Waals surface area contributed by atoms with E-state index in [1.54, 1.807) is 0 Å². The number of carbonyl (C=O) groups is 4. The SMILES string of the molecule is CC/C=C\C/C=C\C/C=C\C/C=C\CCCCCCCCC(=O)OC1C(OCC(COC(=O)CCCCCCC/C=C\C/C=C\CCCCC)OC(=O)CCCCCCCCCCCCC)OC(C(=O)O)C(O)C1O. The number of ether oxygens (including phenoxy) is 5. The van der Waals surface area contributed by atoms with Gasteiger partial charge >= 0.3 is 23.9 Å². The smallest absolute Gasteiger partial charge is 0.335 e. The predicted octanol–water partition coefficient (Wildman–Crippen LogP) is 15.3. The number of carboxylic acids is 1. The zero-order valence-electron chi connectivity index (χ0n) is 47.3. The van der Waals surface area contributed by atoms with Crippen molar-refractivity contribution in [1.29, 1.82) is 0 Å². The Bertz CT molecular complexity index is 1580. The highest BCUT2D eigenvalue weighted by Gasteiger charge is 2.50. The van der Waals surface area contributed by atoms with Crippen molar-refractivity contribution < 1.29 is 58.2 Å². The summed E-state index contributed by atoms with van der Waals surface area (Å²) in [6, 6.07) is 0. The third kappa shape index (κ3) is 41.0. The number of rotatable bonds is 50. The summed E-state index contributed by atoms with van der Waals surface area (Å²) in [6.07, 6.45) is 51.5. The lowest BCUT2D eigenvalue weighted by molar-refractivity contribution is -0.301. The molecule has 3 N–H and O–H groups in total. The zero-order valence-corrected chi connectivity index (χ0v) is 47.3. The Morgan fingerprint density at radius 3 is 1.31 bits per heavy atom. The van der Waals surface area contributed by atoms with E-state index in [1.165, 1.54) is 64.2 Å². The highest BCUT2D eigenvalue weighted by atomic mass is 16.7. The predicted molar refractivity (Wildman–Crippen MR) is 303 cm³/mol. The molecule has 1 rings (SSSR count). The summed E-state index contributed by atoms with van der Waals surface area (Å²) in [5, 5.41) is 31.5. The van der Waals surface area contributed by atoms with Crippen LogP contribution in [0.3, 0.4) is 0 Å². The summed E-state index contributed by atoms with van der Waals surface area (Å²) in [5.74, 6) is -3.15. The van der Waals surface area contributed by atoms with Crippen molar-refractivity contribution in [2.75, 3.05) is 13.2 Å². The number of aliphatic hydroxyl groups excluding tert-OH is 2. The van der Waals surface area contributed by atoms with Gasteiger partial charge in [-0.15, -0.1) is 0 Å². The number of aliphatic hydroxyl groups is 2. The summed E-state index contributed by atoms with van der Waals surface area (Å²) in [6.45, 7) is 5.83. The number of hydrogen-bond acceptors (Lipinski definition) is 11. The maximum atomic E-state index is 13.1. The highest BCUT2D eigenvalue weighted by Crippen LogP contribution is 2.26. The van der Waals surface area contributed by atoms with Crippen LogP contribution in [0.4, 0.5) is 0 Å². The minimum Gasteiger partial charge on any atom is -0.479 e. The molecule has 0 aromatic heterocycles. The quantitative estimate of drug-likeness (QED) is 0.0228. The average molecular weight is 1060 g/mol. The molecule has 0 aromatic carbocycles. The van der Waals surface area contributed by atoms with E-state index in [-0.39, 0.29) is 25.9 Å². The second-order valence-corrected chi connectivity index (χ2v) is 20.3. The van der Waals surface area contributed by atoms with Crippen LogP contribution in [0.1, 0.15) is 252 Å². The van der Waals surface area contributed by atoms with Crippen LogP contribution in [0.2, 0.25) is 0 Å². The second kappa shape index (κ2) is 50.9. The molecule has 1 saturated heterocycles. The molecule has 0 radical (unpaired) electrons. The van der Waals surface area contributed by atoms with E-state index in [0.717, 1.165) is 128 Å². The van der Waals surface area contributed by atoms with E-state index in [0.29, 0.717) is 19.3 Å². The zero-order chi connectivity index (χ0) is 54.7. The number of hydrogen-bond donors (Lipinski definition) is 3. The standard InChI is InChI=1S/C63H106O12/c1-4-7-10-13-16-19-22-24-26-27-28-29-31-33-36-39-42-45-48-51-57(66)74-61-59(68)58(67)60(62(69)70)75-63(61)72-53-54(73-56(65)50-47-44-41-38-34-21-18-15-12-9-6-3)52-71-55(64)49-46-43-40-37-35-32-30-25-23-20-17-14-11-8-5-2/h7,10,16-17,19-20,24-26,28-30,54,58-61,63,67-68H,4-6,8-9,11-15,18,21-23,27,31-53H2,1-3H3,(H,69,70)/b10-7-,19-16-,20-17-,26-24-,29-28-,30-25-. The minimum atomic E-state index is -1.91. The molecule has 0 saturated carbocycles. The number of aliphatic carboxylic acids is 1. The van der Waals surface area contributed by atoms with Crippen molar-refractivity contribution in [3.63, 3.8) is 0 Å². The third-order valence-corrected chi connectivity index (χ3v) is 13.3.